The predicted octanol–water partition coefficient (Wildman–Crippen LogP) is 11.3. The Kier molecular flexibility index (Phi) is 5.24. The minimum atomic E-state index is -0.470. The summed E-state index contributed by atoms with van der Waals surface area (Å²) in [7, 11) is 0. The zero-order valence-corrected chi connectivity index (χ0v) is 24.1. The number of rotatable bonds is 2. The van der Waals surface area contributed by atoms with Crippen LogP contribution in [0, 0.1) is 0 Å². The highest BCUT2D eigenvalue weighted by Crippen LogP contribution is 2.63. The van der Waals surface area contributed by atoms with Crippen molar-refractivity contribution in [1.29, 1.82) is 0 Å². The average Bonchev–Trinajstić information content (AvgIpc) is 3.36. The molecule has 0 saturated carbocycles. The molecule has 0 amide bonds. The fourth-order valence-electron chi connectivity index (χ4n) is 7.64. The first-order valence-corrected chi connectivity index (χ1v) is 15.1. The Morgan fingerprint density at radius 2 is 0.977 bits per heavy atom. The van der Waals surface area contributed by atoms with E-state index >= 15 is 0 Å². The van der Waals surface area contributed by atoms with Gasteiger partial charge < -0.3 is 4.90 Å². The minimum Gasteiger partial charge on any atom is -0.310 e. The number of halogens is 1. The lowest BCUT2D eigenvalue weighted by molar-refractivity contribution is 0.753. The van der Waals surface area contributed by atoms with Crippen LogP contribution in [-0.4, -0.2) is 0 Å². The average molecular weight is 568 g/mol. The lowest BCUT2D eigenvalue weighted by Gasteiger charge is -2.45. The Balaban J connectivity index is 1.40. The molecule has 1 heterocycles. The number of para-hydroxylation sites is 3. The number of nitrogens with zero attached hydrogens (tertiary/aromatic N) is 1. The molecule has 2 heteroatoms. The Morgan fingerprint density at radius 1 is 0.419 bits per heavy atom. The molecular weight excluding hydrogens is 542 g/mol. The lowest BCUT2D eigenvalue weighted by atomic mass is 9.64. The molecule has 1 aliphatic heterocycles. The van der Waals surface area contributed by atoms with Gasteiger partial charge in [0.2, 0.25) is 0 Å². The van der Waals surface area contributed by atoms with Crippen molar-refractivity contribution in [2.24, 2.45) is 0 Å². The van der Waals surface area contributed by atoms with Crippen molar-refractivity contribution >= 4 is 39.4 Å². The van der Waals surface area contributed by atoms with Crippen molar-refractivity contribution in [1.82, 2.24) is 0 Å². The Morgan fingerprint density at radius 3 is 1.72 bits per heavy atom. The summed E-state index contributed by atoms with van der Waals surface area (Å²) in [6.45, 7) is 0. The van der Waals surface area contributed by atoms with E-state index in [9.17, 15) is 0 Å². The van der Waals surface area contributed by atoms with Gasteiger partial charge in [-0.2, -0.15) is 0 Å². The molecule has 1 spiro atoms. The Labute approximate surface area is 256 Å². The molecule has 0 atom stereocenters. The Hall–Kier alpha value is -5.11. The molecular formula is C41H26ClN. The third kappa shape index (κ3) is 3.29. The summed E-state index contributed by atoms with van der Waals surface area (Å²) in [6.07, 6.45) is 0. The predicted molar refractivity (Wildman–Crippen MR) is 180 cm³/mol. The van der Waals surface area contributed by atoms with Crippen LogP contribution < -0.4 is 4.90 Å². The number of hydrogen-bond acceptors (Lipinski definition) is 1. The first-order chi connectivity index (χ1) is 21.3. The van der Waals surface area contributed by atoms with E-state index in [1.54, 1.807) is 0 Å². The SMILES string of the molecule is Clc1ccc(-c2ccc3c(c2)C2(c4ccccc4-3)c3ccccc3N(c3ccccc3)c3ccccc32)c2ccccc12. The number of hydrogen-bond donors (Lipinski definition) is 0. The van der Waals surface area contributed by atoms with Crippen LogP contribution in [0.2, 0.25) is 5.02 Å². The van der Waals surface area contributed by atoms with Gasteiger partial charge in [-0.1, -0.05) is 133 Å². The van der Waals surface area contributed by atoms with E-state index in [4.69, 9.17) is 11.6 Å². The molecule has 0 aromatic heterocycles. The zero-order valence-electron chi connectivity index (χ0n) is 23.3. The molecule has 7 aromatic carbocycles. The second-order valence-electron chi connectivity index (χ2n) is 11.4. The van der Waals surface area contributed by atoms with E-state index in [2.05, 4.69) is 157 Å². The normalized spacial score (nSPS) is 13.8. The molecule has 0 saturated heterocycles. The summed E-state index contributed by atoms with van der Waals surface area (Å²) in [5.41, 5.74) is 13.3. The molecule has 43 heavy (non-hydrogen) atoms. The molecule has 0 fully saturated rings. The summed E-state index contributed by atoms with van der Waals surface area (Å²) < 4.78 is 0. The van der Waals surface area contributed by atoms with Gasteiger partial charge in [0.05, 0.1) is 16.8 Å². The van der Waals surface area contributed by atoms with Crippen LogP contribution in [0.4, 0.5) is 17.1 Å². The Bertz CT molecular complexity index is 2170. The van der Waals surface area contributed by atoms with E-state index in [-0.39, 0.29) is 0 Å². The summed E-state index contributed by atoms with van der Waals surface area (Å²) in [5, 5.41) is 3.02. The van der Waals surface area contributed by atoms with Crippen LogP contribution in [0.3, 0.4) is 0 Å². The number of fused-ring (bicyclic) bond motifs is 10. The molecule has 0 unspecified atom stereocenters. The molecule has 1 nitrogen and oxygen atoms in total. The largest absolute Gasteiger partial charge is 0.310 e. The minimum absolute atomic E-state index is 0.470. The third-order valence-corrected chi connectivity index (χ3v) is 9.67. The summed E-state index contributed by atoms with van der Waals surface area (Å²) in [5.74, 6) is 0. The van der Waals surface area contributed by atoms with Gasteiger partial charge in [0, 0.05) is 16.1 Å². The first-order valence-electron chi connectivity index (χ1n) is 14.7. The fourth-order valence-corrected chi connectivity index (χ4v) is 7.87. The van der Waals surface area contributed by atoms with Crippen molar-refractivity contribution in [3.63, 3.8) is 0 Å². The maximum atomic E-state index is 6.66. The van der Waals surface area contributed by atoms with Crippen LogP contribution in [-0.2, 0) is 5.41 Å². The lowest BCUT2D eigenvalue weighted by Crippen LogP contribution is -2.36. The van der Waals surface area contributed by atoms with Crippen LogP contribution >= 0.6 is 11.6 Å². The first kappa shape index (κ1) is 24.5. The van der Waals surface area contributed by atoms with Crippen LogP contribution in [0.1, 0.15) is 22.3 Å². The van der Waals surface area contributed by atoms with E-state index in [0.29, 0.717) is 0 Å². The van der Waals surface area contributed by atoms with Gasteiger partial charge >= 0.3 is 0 Å². The van der Waals surface area contributed by atoms with Gasteiger partial charge in [0.15, 0.2) is 0 Å². The summed E-state index contributed by atoms with van der Waals surface area (Å²) >= 11 is 6.66. The molecule has 1 aliphatic carbocycles. The maximum Gasteiger partial charge on any atom is 0.0754 e. The van der Waals surface area contributed by atoms with Crippen molar-refractivity contribution < 1.29 is 0 Å². The molecule has 7 aromatic rings. The second kappa shape index (κ2) is 9.19. The van der Waals surface area contributed by atoms with Gasteiger partial charge in [0.1, 0.15) is 0 Å². The van der Waals surface area contributed by atoms with E-state index < -0.39 is 5.41 Å². The van der Waals surface area contributed by atoms with Gasteiger partial charge in [0.25, 0.3) is 0 Å². The standard InChI is InChI=1S/C41H26ClN/c42-38-25-24-29(30-14-4-5-16-33(30)38)27-22-23-32-31-15-6-7-17-34(31)41(37(32)26-27)35-18-8-10-20-39(35)43(28-12-2-1-3-13-28)40-21-11-9-19-36(40)41/h1-26H. The quantitative estimate of drug-likeness (QED) is 0.201. The van der Waals surface area contributed by atoms with Gasteiger partial charge in [-0.25, -0.2) is 0 Å². The second-order valence-corrected chi connectivity index (χ2v) is 11.8. The molecule has 202 valence electrons. The topological polar surface area (TPSA) is 3.24 Å². The van der Waals surface area contributed by atoms with Crippen molar-refractivity contribution in [3.8, 4) is 22.3 Å². The van der Waals surface area contributed by atoms with Crippen LogP contribution in [0.25, 0.3) is 33.0 Å². The van der Waals surface area contributed by atoms with Gasteiger partial charge in [-0.3, -0.25) is 0 Å². The molecule has 0 bridgehead atoms. The number of anilines is 3. The summed E-state index contributed by atoms with van der Waals surface area (Å²) in [6, 6.07) is 57.3. The van der Waals surface area contributed by atoms with E-state index in [1.807, 2.05) is 6.07 Å². The molecule has 0 N–H and O–H groups in total. The molecule has 0 radical (unpaired) electrons. The maximum absolute atomic E-state index is 6.66. The van der Waals surface area contributed by atoms with Gasteiger partial charge in [-0.15, -0.1) is 0 Å². The van der Waals surface area contributed by atoms with Crippen molar-refractivity contribution in [3.05, 3.63) is 185 Å². The van der Waals surface area contributed by atoms with Crippen molar-refractivity contribution in [2.45, 2.75) is 5.41 Å². The van der Waals surface area contributed by atoms with Crippen LogP contribution in [0.15, 0.2) is 158 Å². The highest BCUT2D eigenvalue weighted by Gasteiger charge is 2.51. The fraction of sp³-hybridized carbons (Fsp3) is 0.0244. The van der Waals surface area contributed by atoms with Gasteiger partial charge in [-0.05, 0) is 86.3 Å². The third-order valence-electron chi connectivity index (χ3n) is 9.34. The van der Waals surface area contributed by atoms with Crippen LogP contribution in [0.5, 0.6) is 0 Å². The molecule has 2 aliphatic rings. The van der Waals surface area contributed by atoms with Crippen molar-refractivity contribution in [2.75, 3.05) is 4.90 Å². The van der Waals surface area contributed by atoms with E-state index in [0.717, 1.165) is 16.1 Å². The summed E-state index contributed by atoms with van der Waals surface area (Å²) in [4.78, 5) is 2.42. The number of benzene rings is 7. The van der Waals surface area contributed by atoms with E-state index in [1.165, 1.54) is 61.3 Å². The smallest absolute Gasteiger partial charge is 0.0754 e. The zero-order chi connectivity index (χ0) is 28.5. The molecule has 9 rings (SSSR count). The highest BCUT2D eigenvalue weighted by molar-refractivity contribution is 6.36. The monoisotopic (exact) mass is 567 g/mol. The highest BCUT2D eigenvalue weighted by atomic mass is 35.5.